The van der Waals surface area contributed by atoms with Crippen LogP contribution in [0, 0.1) is 17.0 Å². The summed E-state index contributed by atoms with van der Waals surface area (Å²) in [5, 5.41) is 17.4. The Labute approximate surface area is 129 Å². The van der Waals surface area contributed by atoms with E-state index in [9.17, 15) is 10.1 Å². The topological polar surface area (TPSA) is 80.1 Å². The molecule has 1 aromatic heterocycles. The van der Waals surface area contributed by atoms with Crippen LogP contribution in [0.2, 0.25) is 0 Å². The van der Waals surface area contributed by atoms with E-state index in [0.29, 0.717) is 12.4 Å². The molecule has 0 aliphatic rings. The minimum absolute atomic E-state index is 0.00756. The Morgan fingerprint density at radius 3 is 2.50 bits per heavy atom. The maximum atomic E-state index is 11.0. The number of rotatable bonds is 7. The van der Waals surface area contributed by atoms with E-state index in [-0.39, 0.29) is 5.69 Å². The summed E-state index contributed by atoms with van der Waals surface area (Å²) in [5.74, 6) is 0.304. The third-order valence-corrected chi connectivity index (χ3v) is 3.20. The Balaban J connectivity index is 2.03. The van der Waals surface area contributed by atoms with E-state index in [2.05, 4.69) is 22.5 Å². The van der Waals surface area contributed by atoms with Crippen molar-refractivity contribution in [3.05, 3.63) is 57.8 Å². The van der Waals surface area contributed by atoms with Crippen LogP contribution in [-0.4, -0.2) is 16.5 Å². The first-order chi connectivity index (χ1) is 10.6. The number of hydrogen-bond donors (Lipinski definition) is 2. The van der Waals surface area contributed by atoms with Crippen molar-refractivity contribution in [1.29, 1.82) is 0 Å². The first kappa shape index (κ1) is 15.8. The summed E-state index contributed by atoms with van der Waals surface area (Å²) in [6.07, 6.45) is 1.08. The van der Waals surface area contributed by atoms with Gasteiger partial charge in [-0.1, -0.05) is 19.1 Å². The second kappa shape index (κ2) is 7.40. The fraction of sp³-hybridized carbons (Fsp3) is 0.312. The molecule has 0 radical (unpaired) electrons. The highest BCUT2D eigenvalue weighted by Crippen LogP contribution is 2.22. The summed E-state index contributed by atoms with van der Waals surface area (Å²) >= 11 is 0. The third-order valence-electron chi connectivity index (χ3n) is 3.20. The second-order valence-corrected chi connectivity index (χ2v) is 5.05. The van der Waals surface area contributed by atoms with Crippen molar-refractivity contribution in [1.82, 2.24) is 4.98 Å². The Morgan fingerprint density at radius 1 is 1.14 bits per heavy atom. The van der Waals surface area contributed by atoms with E-state index >= 15 is 0 Å². The van der Waals surface area contributed by atoms with Crippen LogP contribution in [-0.2, 0) is 6.54 Å². The van der Waals surface area contributed by atoms with Crippen LogP contribution in [0.5, 0.6) is 0 Å². The largest absolute Gasteiger partial charge is 0.385 e. The minimum atomic E-state index is -0.424. The van der Waals surface area contributed by atoms with Crippen molar-refractivity contribution >= 4 is 17.2 Å². The first-order valence-corrected chi connectivity index (χ1v) is 7.29. The number of nitro groups is 1. The van der Waals surface area contributed by atoms with Crippen molar-refractivity contribution in [2.45, 2.75) is 26.8 Å². The summed E-state index contributed by atoms with van der Waals surface area (Å²) in [5.41, 5.74) is 2.85. The Morgan fingerprint density at radius 2 is 1.86 bits per heavy atom. The van der Waals surface area contributed by atoms with Gasteiger partial charge in [-0.05, 0) is 37.1 Å². The highest BCUT2D eigenvalue weighted by Gasteiger charge is 2.14. The van der Waals surface area contributed by atoms with E-state index < -0.39 is 4.92 Å². The molecule has 0 fully saturated rings. The second-order valence-electron chi connectivity index (χ2n) is 5.05. The quantitative estimate of drug-likeness (QED) is 0.601. The summed E-state index contributed by atoms with van der Waals surface area (Å²) in [4.78, 5) is 14.8. The Bertz CT molecular complexity index is 641. The van der Waals surface area contributed by atoms with E-state index in [4.69, 9.17) is 0 Å². The zero-order valence-corrected chi connectivity index (χ0v) is 12.8. The van der Waals surface area contributed by atoms with E-state index in [1.165, 1.54) is 6.07 Å². The third kappa shape index (κ3) is 4.18. The number of nitrogens with one attached hydrogen (secondary N) is 2. The van der Waals surface area contributed by atoms with Gasteiger partial charge in [0.1, 0.15) is 0 Å². The van der Waals surface area contributed by atoms with Crippen molar-refractivity contribution < 1.29 is 4.92 Å². The molecule has 22 heavy (non-hydrogen) atoms. The lowest BCUT2D eigenvalue weighted by Crippen LogP contribution is -2.05. The van der Waals surface area contributed by atoms with Gasteiger partial charge in [0.2, 0.25) is 5.82 Å². The van der Waals surface area contributed by atoms with Gasteiger partial charge in [0.05, 0.1) is 4.92 Å². The van der Waals surface area contributed by atoms with Gasteiger partial charge in [-0.3, -0.25) is 10.1 Å². The van der Waals surface area contributed by atoms with Gasteiger partial charge in [0.25, 0.3) is 0 Å². The highest BCUT2D eigenvalue weighted by atomic mass is 16.6. The number of anilines is 2. The van der Waals surface area contributed by atoms with E-state index in [1.807, 2.05) is 31.2 Å². The summed E-state index contributed by atoms with van der Waals surface area (Å²) in [6, 6.07) is 11.1. The molecule has 0 unspecified atom stereocenters. The molecule has 0 spiro atoms. The number of hydrogen-bond acceptors (Lipinski definition) is 5. The Kier molecular flexibility index (Phi) is 5.30. The zero-order chi connectivity index (χ0) is 15.9. The lowest BCUT2D eigenvalue weighted by molar-refractivity contribution is -0.384. The lowest BCUT2D eigenvalue weighted by atomic mass is 10.2. The molecule has 2 rings (SSSR count). The predicted molar refractivity (Wildman–Crippen MR) is 88.2 cm³/mol. The summed E-state index contributed by atoms with van der Waals surface area (Å²) in [7, 11) is 0. The maximum Gasteiger partial charge on any atom is 0.311 e. The van der Waals surface area contributed by atoms with Crippen molar-refractivity contribution in [3.63, 3.8) is 0 Å². The molecule has 1 heterocycles. The fourth-order valence-corrected chi connectivity index (χ4v) is 2.02. The van der Waals surface area contributed by atoms with Crippen molar-refractivity contribution in [3.8, 4) is 0 Å². The standard InChI is InChI=1S/C16H20N4O2/c1-3-10-17-14-7-5-13(6-8-14)11-18-16-15(20(21)22)9-4-12(2)19-16/h4-9,17H,3,10-11H2,1-2H3,(H,18,19). The normalized spacial score (nSPS) is 10.3. The SMILES string of the molecule is CCCNc1ccc(CNc2nc(C)ccc2[N+](=O)[O-])cc1. The van der Waals surface area contributed by atoms with Crippen LogP contribution in [0.4, 0.5) is 17.2 Å². The highest BCUT2D eigenvalue weighted by molar-refractivity contribution is 5.56. The molecule has 0 saturated heterocycles. The number of pyridine rings is 1. The number of aryl methyl sites for hydroxylation is 1. The lowest BCUT2D eigenvalue weighted by Gasteiger charge is -2.09. The summed E-state index contributed by atoms with van der Waals surface area (Å²) < 4.78 is 0. The van der Waals surface area contributed by atoms with Crippen LogP contribution < -0.4 is 10.6 Å². The first-order valence-electron chi connectivity index (χ1n) is 7.29. The number of nitrogens with zero attached hydrogens (tertiary/aromatic N) is 2. The van der Waals surface area contributed by atoms with Crippen LogP contribution in [0.25, 0.3) is 0 Å². The molecule has 2 N–H and O–H groups in total. The van der Waals surface area contributed by atoms with Gasteiger partial charge in [-0.2, -0.15) is 0 Å². The molecular weight excluding hydrogens is 280 g/mol. The van der Waals surface area contributed by atoms with Gasteiger partial charge in [-0.25, -0.2) is 4.98 Å². The number of aromatic nitrogens is 1. The smallest absolute Gasteiger partial charge is 0.311 e. The molecule has 0 atom stereocenters. The molecule has 0 saturated carbocycles. The van der Waals surface area contributed by atoms with E-state index in [0.717, 1.165) is 29.9 Å². The average molecular weight is 300 g/mol. The molecule has 0 amide bonds. The van der Waals surface area contributed by atoms with Crippen LogP contribution >= 0.6 is 0 Å². The average Bonchev–Trinajstić information content (AvgIpc) is 2.51. The molecule has 0 bridgehead atoms. The summed E-state index contributed by atoms with van der Waals surface area (Å²) in [6.45, 7) is 5.36. The molecule has 116 valence electrons. The monoisotopic (exact) mass is 300 g/mol. The van der Waals surface area contributed by atoms with E-state index in [1.54, 1.807) is 6.07 Å². The molecule has 6 nitrogen and oxygen atoms in total. The number of benzene rings is 1. The minimum Gasteiger partial charge on any atom is -0.385 e. The van der Waals surface area contributed by atoms with Gasteiger partial charge in [0, 0.05) is 30.5 Å². The molecular formula is C16H20N4O2. The maximum absolute atomic E-state index is 11.0. The molecule has 0 aliphatic carbocycles. The van der Waals surface area contributed by atoms with Crippen molar-refractivity contribution in [2.75, 3.05) is 17.2 Å². The van der Waals surface area contributed by atoms with Crippen LogP contribution in [0.3, 0.4) is 0 Å². The molecule has 0 aliphatic heterocycles. The molecule has 2 aromatic rings. The molecule has 6 heteroatoms. The van der Waals surface area contributed by atoms with Crippen LogP contribution in [0.1, 0.15) is 24.6 Å². The van der Waals surface area contributed by atoms with Crippen molar-refractivity contribution in [2.24, 2.45) is 0 Å². The van der Waals surface area contributed by atoms with Crippen LogP contribution in [0.15, 0.2) is 36.4 Å². The molecule has 1 aromatic carbocycles. The van der Waals surface area contributed by atoms with Gasteiger partial charge in [0.15, 0.2) is 0 Å². The zero-order valence-electron chi connectivity index (χ0n) is 12.8. The fourth-order valence-electron chi connectivity index (χ4n) is 2.02. The van der Waals surface area contributed by atoms with Gasteiger partial charge in [-0.15, -0.1) is 0 Å². The van der Waals surface area contributed by atoms with Gasteiger partial charge >= 0.3 is 5.69 Å². The Hall–Kier alpha value is -2.63. The predicted octanol–water partition coefficient (Wildman–Crippen LogP) is 3.73. The van der Waals surface area contributed by atoms with Gasteiger partial charge < -0.3 is 10.6 Å².